The fourth-order valence-corrected chi connectivity index (χ4v) is 2.96. The molecule has 0 spiro atoms. The van der Waals surface area contributed by atoms with Crippen molar-refractivity contribution in [2.45, 2.75) is 47.1 Å². The summed E-state index contributed by atoms with van der Waals surface area (Å²) in [5.74, 6) is -0.248. The lowest BCUT2D eigenvalue weighted by molar-refractivity contribution is -0.114. The second-order valence-electron chi connectivity index (χ2n) is 5.24. The molecule has 1 N–H and O–H groups in total. The highest BCUT2D eigenvalue weighted by molar-refractivity contribution is 5.91. The molecule has 2 rings (SSSR count). The maximum atomic E-state index is 12.8. The molecule has 0 atom stereocenters. The summed E-state index contributed by atoms with van der Waals surface area (Å²) < 4.78 is 1.72. The Morgan fingerprint density at radius 2 is 1.96 bits per heavy atom. The minimum atomic E-state index is -0.248. The minimum absolute atomic E-state index is 0.151. The maximum absolute atomic E-state index is 12.8. The first-order valence-electron chi connectivity index (χ1n) is 7.88. The van der Waals surface area contributed by atoms with Crippen molar-refractivity contribution in [2.24, 2.45) is 0 Å². The van der Waals surface area contributed by atoms with E-state index >= 15 is 0 Å². The van der Waals surface area contributed by atoms with Gasteiger partial charge in [-0.2, -0.15) is 10.2 Å². The molecule has 0 saturated carbocycles. The molecule has 0 aromatic carbocycles. The van der Waals surface area contributed by atoms with Crippen LogP contribution in [0.15, 0.2) is 23.3 Å². The first-order chi connectivity index (χ1) is 11.0. The van der Waals surface area contributed by atoms with E-state index in [2.05, 4.69) is 15.5 Å². The number of nitrogens with zero attached hydrogens (tertiary/aromatic N) is 3. The molecule has 0 aliphatic heterocycles. The topological polar surface area (TPSA) is 76.9 Å². The Morgan fingerprint density at radius 3 is 2.43 bits per heavy atom. The lowest BCUT2D eigenvalue weighted by atomic mass is 9.95. The average Bonchev–Trinajstić information content (AvgIpc) is 2.56. The van der Waals surface area contributed by atoms with Gasteiger partial charge in [0.25, 0.3) is 5.56 Å². The van der Waals surface area contributed by atoms with Crippen LogP contribution in [0.2, 0.25) is 0 Å². The van der Waals surface area contributed by atoms with Crippen molar-refractivity contribution < 1.29 is 4.79 Å². The van der Waals surface area contributed by atoms with Crippen LogP contribution in [0.1, 0.15) is 39.0 Å². The molecular formula is C17H22N4O2. The van der Waals surface area contributed by atoms with Crippen LogP contribution in [0.4, 0.5) is 5.69 Å². The van der Waals surface area contributed by atoms with Crippen molar-refractivity contribution >= 4 is 11.6 Å². The highest BCUT2D eigenvalue weighted by atomic mass is 16.2. The normalized spacial score (nSPS) is 10.6. The molecule has 0 aliphatic rings. The maximum Gasteiger partial charge on any atom is 0.274 e. The van der Waals surface area contributed by atoms with Crippen LogP contribution in [0, 0.1) is 0 Å². The largest absolute Gasteiger partial charge is 0.321 e. The van der Waals surface area contributed by atoms with Gasteiger partial charge in [0.15, 0.2) is 0 Å². The van der Waals surface area contributed by atoms with Crippen LogP contribution in [0.25, 0.3) is 11.1 Å². The Balaban J connectivity index is 2.92. The van der Waals surface area contributed by atoms with Crippen molar-refractivity contribution in [2.75, 3.05) is 5.32 Å². The van der Waals surface area contributed by atoms with Crippen LogP contribution in [-0.2, 0) is 24.2 Å². The van der Waals surface area contributed by atoms with Gasteiger partial charge < -0.3 is 9.88 Å². The van der Waals surface area contributed by atoms with Crippen LogP contribution < -0.4 is 10.9 Å². The van der Waals surface area contributed by atoms with Gasteiger partial charge in [-0.1, -0.05) is 13.8 Å². The number of hydrogen-bond donors (Lipinski definition) is 1. The van der Waals surface area contributed by atoms with E-state index in [-0.39, 0.29) is 11.5 Å². The van der Waals surface area contributed by atoms with E-state index in [1.54, 1.807) is 17.0 Å². The van der Waals surface area contributed by atoms with E-state index in [1.165, 1.54) is 6.92 Å². The molecular weight excluding hydrogens is 292 g/mol. The van der Waals surface area contributed by atoms with Crippen LogP contribution in [-0.4, -0.2) is 20.7 Å². The van der Waals surface area contributed by atoms with Gasteiger partial charge in [0.2, 0.25) is 5.91 Å². The van der Waals surface area contributed by atoms with E-state index < -0.39 is 0 Å². The molecule has 2 aromatic rings. The van der Waals surface area contributed by atoms with Crippen molar-refractivity contribution in [3.8, 4) is 11.1 Å². The number of carbonyl (C=O) groups is 1. The summed E-state index contributed by atoms with van der Waals surface area (Å²) in [6.07, 6.45) is 4.68. The van der Waals surface area contributed by atoms with Crippen LogP contribution in [0.5, 0.6) is 0 Å². The Morgan fingerprint density at radius 1 is 1.22 bits per heavy atom. The zero-order valence-corrected chi connectivity index (χ0v) is 14.0. The van der Waals surface area contributed by atoms with Gasteiger partial charge in [0.1, 0.15) is 5.69 Å². The quantitative estimate of drug-likeness (QED) is 0.919. The first-order valence-corrected chi connectivity index (χ1v) is 7.88. The number of pyridine rings is 1. The Labute approximate surface area is 135 Å². The van der Waals surface area contributed by atoms with Crippen molar-refractivity contribution in [3.63, 3.8) is 0 Å². The van der Waals surface area contributed by atoms with E-state index in [9.17, 15) is 9.59 Å². The number of aromatic nitrogens is 3. The molecule has 0 unspecified atom stereocenters. The van der Waals surface area contributed by atoms with E-state index in [1.807, 2.05) is 26.8 Å². The minimum Gasteiger partial charge on any atom is -0.321 e. The summed E-state index contributed by atoms with van der Waals surface area (Å²) in [5.41, 5.74) is 3.89. The van der Waals surface area contributed by atoms with Gasteiger partial charge in [-0.05, 0) is 31.4 Å². The Hall–Kier alpha value is -2.50. The van der Waals surface area contributed by atoms with Gasteiger partial charge in [-0.15, -0.1) is 0 Å². The molecule has 0 saturated heterocycles. The SMILES string of the molecule is CCc1c(-c2ccnnc2)c(CC)n(CC)c(=O)c1NC(C)=O. The molecule has 6 heteroatoms. The van der Waals surface area contributed by atoms with Crippen molar-refractivity contribution in [1.82, 2.24) is 14.8 Å². The molecule has 23 heavy (non-hydrogen) atoms. The first kappa shape index (κ1) is 16.9. The van der Waals surface area contributed by atoms with Crippen LogP contribution in [0.3, 0.4) is 0 Å². The summed E-state index contributed by atoms with van der Waals surface area (Å²) in [5, 5.41) is 10.5. The summed E-state index contributed by atoms with van der Waals surface area (Å²) in [6, 6.07) is 1.88. The van der Waals surface area contributed by atoms with Crippen LogP contribution >= 0.6 is 0 Å². The molecule has 0 aliphatic carbocycles. The summed E-state index contributed by atoms with van der Waals surface area (Å²) >= 11 is 0. The predicted octanol–water partition coefficient (Wildman–Crippen LogP) is 2.41. The van der Waals surface area contributed by atoms with E-state index in [0.29, 0.717) is 25.1 Å². The molecule has 6 nitrogen and oxygen atoms in total. The molecule has 1 amide bonds. The Bertz CT molecular complexity index is 766. The Kier molecular flexibility index (Phi) is 5.26. The summed E-state index contributed by atoms with van der Waals surface area (Å²) in [7, 11) is 0. The molecule has 122 valence electrons. The average molecular weight is 314 g/mol. The van der Waals surface area contributed by atoms with Crippen molar-refractivity contribution in [1.29, 1.82) is 0 Å². The number of nitrogens with one attached hydrogen (secondary N) is 1. The fraction of sp³-hybridized carbons (Fsp3) is 0.412. The third-order valence-corrected chi connectivity index (χ3v) is 3.86. The molecule has 2 aromatic heterocycles. The zero-order valence-electron chi connectivity index (χ0n) is 14.0. The number of anilines is 1. The van der Waals surface area contributed by atoms with Gasteiger partial charge in [-0.3, -0.25) is 9.59 Å². The second kappa shape index (κ2) is 7.17. The third kappa shape index (κ3) is 3.16. The highest BCUT2D eigenvalue weighted by Gasteiger charge is 2.21. The molecule has 0 bridgehead atoms. The lowest BCUT2D eigenvalue weighted by Crippen LogP contribution is -2.29. The van der Waals surface area contributed by atoms with Crippen molar-refractivity contribution in [3.05, 3.63) is 40.1 Å². The number of amides is 1. The molecule has 2 heterocycles. The van der Waals surface area contributed by atoms with Gasteiger partial charge in [-0.25, -0.2) is 0 Å². The van der Waals surface area contributed by atoms with Gasteiger partial charge >= 0.3 is 0 Å². The highest BCUT2D eigenvalue weighted by Crippen LogP contribution is 2.31. The summed E-state index contributed by atoms with van der Waals surface area (Å²) in [4.78, 5) is 24.4. The number of rotatable bonds is 5. The second-order valence-corrected chi connectivity index (χ2v) is 5.24. The number of hydrogen-bond acceptors (Lipinski definition) is 4. The predicted molar refractivity (Wildman–Crippen MR) is 90.5 cm³/mol. The summed E-state index contributed by atoms with van der Waals surface area (Å²) in [6.45, 7) is 7.89. The number of carbonyl (C=O) groups excluding carboxylic acids is 1. The van der Waals surface area contributed by atoms with E-state index in [4.69, 9.17) is 0 Å². The smallest absolute Gasteiger partial charge is 0.274 e. The third-order valence-electron chi connectivity index (χ3n) is 3.86. The zero-order chi connectivity index (χ0) is 17.0. The fourth-order valence-electron chi connectivity index (χ4n) is 2.96. The standard InChI is InChI=1S/C17H22N4O2/c1-5-13-15(12-8-9-18-19-10-12)14(6-2)21(7-3)17(23)16(13)20-11(4)22/h8-10H,5-7H2,1-4H3,(H,20,22). The van der Waals surface area contributed by atoms with Gasteiger partial charge in [0, 0.05) is 30.3 Å². The molecule has 0 fully saturated rings. The lowest BCUT2D eigenvalue weighted by Gasteiger charge is -2.21. The van der Waals surface area contributed by atoms with E-state index in [0.717, 1.165) is 22.4 Å². The molecule has 0 radical (unpaired) electrons. The van der Waals surface area contributed by atoms with Gasteiger partial charge in [0.05, 0.1) is 12.4 Å². The monoisotopic (exact) mass is 314 g/mol.